The van der Waals surface area contributed by atoms with Crippen LogP contribution in [0.1, 0.15) is 29.1 Å². The van der Waals surface area contributed by atoms with Crippen LogP contribution in [0.4, 0.5) is 5.69 Å². The van der Waals surface area contributed by atoms with Gasteiger partial charge in [0.2, 0.25) is 0 Å². The Bertz CT molecular complexity index is 588. The molecule has 0 saturated heterocycles. The second kappa shape index (κ2) is 5.71. The van der Waals surface area contributed by atoms with Crippen LogP contribution in [-0.2, 0) is 19.5 Å². The van der Waals surface area contributed by atoms with E-state index in [0.717, 1.165) is 31.2 Å². The number of anilines is 1. The number of aryl methyl sites for hydroxylation is 2. The molecule has 0 bridgehead atoms. The van der Waals surface area contributed by atoms with Crippen molar-refractivity contribution in [1.82, 2.24) is 4.90 Å². The van der Waals surface area contributed by atoms with E-state index in [0.29, 0.717) is 0 Å². The summed E-state index contributed by atoms with van der Waals surface area (Å²) in [4.78, 5) is 2.29. The number of furan rings is 1. The first kappa shape index (κ1) is 13.3. The Morgan fingerprint density at radius 3 is 2.90 bits per heavy atom. The normalized spacial score (nSPS) is 14.2. The Balaban J connectivity index is 1.65. The SMILES string of the molecule is Cc1ccc(CN(C)Cc2ccc3c(c2)CCCN3)o1. The fraction of sp³-hybridized carbons (Fsp3) is 0.412. The van der Waals surface area contributed by atoms with E-state index in [2.05, 4.69) is 41.5 Å². The highest BCUT2D eigenvalue weighted by Gasteiger charge is 2.10. The lowest BCUT2D eigenvalue weighted by molar-refractivity contribution is 0.285. The van der Waals surface area contributed by atoms with Crippen molar-refractivity contribution in [3.05, 3.63) is 53.0 Å². The minimum absolute atomic E-state index is 0.850. The van der Waals surface area contributed by atoms with Gasteiger partial charge in [-0.05, 0) is 56.1 Å². The molecule has 0 unspecified atom stereocenters. The Morgan fingerprint density at radius 2 is 2.10 bits per heavy atom. The molecule has 106 valence electrons. The molecule has 1 aliphatic rings. The zero-order chi connectivity index (χ0) is 13.9. The predicted octanol–water partition coefficient (Wildman–Crippen LogP) is 3.58. The maximum Gasteiger partial charge on any atom is 0.118 e. The molecule has 0 amide bonds. The number of rotatable bonds is 4. The molecule has 0 saturated carbocycles. The van der Waals surface area contributed by atoms with Crippen LogP contribution in [0.2, 0.25) is 0 Å². The molecule has 1 N–H and O–H groups in total. The van der Waals surface area contributed by atoms with Gasteiger partial charge in [-0.15, -0.1) is 0 Å². The standard InChI is InChI=1S/C17H22N2O/c1-13-5-7-16(20-13)12-19(2)11-14-6-8-17-15(10-14)4-3-9-18-17/h5-8,10,18H,3-4,9,11-12H2,1-2H3. The first-order valence-electron chi connectivity index (χ1n) is 7.30. The fourth-order valence-corrected chi connectivity index (χ4v) is 2.83. The van der Waals surface area contributed by atoms with Crippen molar-refractivity contribution in [2.45, 2.75) is 32.9 Å². The van der Waals surface area contributed by atoms with Gasteiger partial charge in [0, 0.05) is 18.8 Å². The van der Waals surface area contributed by atoms with E-state index in [-0.39, 0.29) is 0 Å². The van der Waals surface area contributed by atoms with Crippen LogP contribution in [0, 0.1) is 6.92 Å². The van der Waals surface area contributed by atoms with Crippen molar-refractivity contribution in [2.24, 2.45) is 0 Å². The van der Waals surface area contributed by atoms with Crippen molar-refractivity contribution < 1.29 is 4.42 Å². The van der Waals surface area contributed by atoms with Gasteiger partial charge in [0.05, 0.1) is 6.54 Å². The van der Waals surface area contributed by atoms with Gasteiger partial charge in [0.15, 0.2) is 0 Å². The summed E-state index contributed by atoms with van der Waals surface area (Å²) in [6, 6.07) is 10.9. The first-order chi connectivity index (χ1) is 9.70. The molecule has 3 nitrogen and oxygen atoms in total. The minimum Gasteiger partial charge on any atom is -0.465 e. The van der Waals surface area contributed by atoms with Gasteiger partial charge in [-0.2, -0.15) is 0 Å². The van der Waals surface area contributed by atoms with Crippen LogP contribution in [0.3, 0.4) is 0 Å². The lowest BCUT2D eigenvalue weighted by Crippen LogP contribution is -2.18. The van der Waals surface area contributed by atoms with Crippen LogP contribution in [0.5, 0.6) is 0 Å². The molecule has 0 aliphatic carbocycles. The van der Waals surface area contributed by atoms with Crippen molar-refractivity contribution in [2.75, 3.05) is 18.9 Å². The third kappa shape index (κ3) is 3.05. The topological polar surface area (TPSA) is 28.4 Å². The number of fused-ring (bicyclic) bond motifs is 1. The first-order valence-corrected chi connectivity index (χ1v) is 7.30. The summed E-state index contributed by atoms with van der Waals surface area (Å²) in [6.45, 7) is 4.89. The summed E-state index contributed by atoms with van der Waals surface area (Å²) < 4.78 is 5.63. The molecule has 0 atom stereocenters. The van der Waals surface area contributed by atoms with Crippen LogP contribution in [0.15, 0.2) is 34.7 Å². The quantitative estimate of drug-likeness (QED) is 0.920. The van der Waals surface area contributed by atoms with Crippen molar-refractivity contribution in [1.29, 1.82) is 0 Å². The monoisotopic (exact) mass is 270 g/mol. The molecule has 1 aromatic carbocycles. The summed E-state index contributed by atoms with van der Waals surface area (Å²) >= 11 is 0. The fourth-order valence-electron chi connectivity index (χ4n) is 2.83. The van der Waals surface area contributed by atoms with Gasteiger partial charge >= 0.3 is 0 Å². The molecule has 1 aliphatic heterocycles. The summed E-state index contributed by atoms with van der Waals surface area (Å²) in [6.07, 6.45) is 2.43. The zero-order valence-electron chi connectivity index (χ0n) is 12.3. The maximum atomic E-state index is 5.63. The second-order valence-corrected chi connectivity index (χ2v) is 5.71. The number of hydrogen-bond acceptors (Lipinski definition) is 3. The number of benzene rings is 1. The van der Waals surface area contributed by atoms with Crippen LogP contribution < -0.4 is 5.32 Å². The Labute approximate surface area is 120 Å². The maximum absolute atomic E-state index is 5.63. The van der Waals surface area contributed by atoms with Crippen molar-refractivity contribution in [3.8, 4) is 0 Å². The largest absolute Gasteiger partial charge is 0.465 e. The van der Waals surface area contributed by atoms with Crippen LogP contribution >= 0.6 is 0 Å². The van der Waals surface area contributed by atoms with E-state index in [1.165, 1.54) is 29.7 Å². The highest BCUT2D eigenvalue weighted by Crippen LogP contribution is 2.23. The highest BCUT2D eigenvalue weighted by atomic mass is 16.3. The predicted molar refractivity (Wildman–Crippen MR) is 81.9 cm³/mol. The number of nitrogens with zero attached hydrogens (tertiary/aromatic N) is 1. The van der Waals surface area contributed by atoms with E-state index in [9.17, 15) is 0 Å². The molecule has 2 aromatic rings. The number of nitrogens with one attached hydrogen (secondary N) is 1. The molecule has 2 heterocycles. The summed E-state index contributed by atoms with van der Waals surface area (Å²) in [5, 5.41) is 3.46. The van der Waals surface area contributed by atoms with E-state index >= 15 is 0 Å². The average molecular weight is 270 g/mol. The third-order valence-corrected chi connectivity index (χ3v) is 3.78. The molecular weight excluding hydrogens is 248 g/mol. The Morgan fingerprint density at radius 1 is 1.20 bits per heavy atom. The molecule has 0 fully saturated rings. The van der Waals surface area contributed by atoms with Gasteiger partial charge < -0.3 is 9.73 Å². The molecular formula is C17H22N2O. The summed E-state index contributed by atoms with van der Waals surface area (Å²) in [7, 11) is 2.13. The van der Waals surface area contributed by atoms with Gasteiger partial charge in [-0.3, -0.25) is 4.90 Å². The molecule has 3 heteroatoms. The van der Waals surface area contributed by atoms with E-state index in [4.69, 9.17) is 4.42 Å². The van der Waals surface area contributed by atoms with Gasteiger partial charge in [-0.1, -0.05) is 12.1 Å². The lowest BCUT2D eigenvalue weighted by atomic mass is 10.0. The summed E-state index contributed by atoms with van der Waals surface area (Å²) in [5.41, 5.74) is 4.14. The Kier molecular flexibility index (Phi) is 3.79. The minimum atomic E-state index is 0.850. The zero-order valence-corrected chi connectivity index (χ0v) is 12.3. The van der Waals surface area contributed by atoms with Crippen LogP contribution in [0.25, 0.3) is 0 Å². The van der Waals surface area contributed by atoms with E-state index in [1.807, 2.05) is 13.0 Å². The highest BCUT2D eigenvalue weighted by molar-refractivity contribution is 5.54. The Hall–Kier alpha value is -1.74. The smallest absolute Gasteiger partial charge is 0.118 e. The lowest BCUT2D eigenvalue weighted by Gasteiger charge is -2.20. The second-order valence-electron chi connectivity index (χ2n) is 5.71. The average Bonchev–Trinajstić information content (AvgIpc) is 2.83. The van der Waals surface area contributed by atoms with Gasteiger partial charge in [0.1, 0.15) is 11.5 Å². The third-order valence-electron chi connectivity index (χ3n) is 3.78. The van der Waals surface area contributed by atoms with Gasteiger partial charge in [0.25, 0.3) is 0 Å². The number of hydrogen-bond donors (Lipinski definition) is 1. The van der Waals surface area contributed by atoms with E-state index < -0.39 is 0 Å². The molecule has 1 aromatic heterocycles. The van der Waals surface area contributed by atoms with Gasteiger partial charge in [-0.25, -0.2) is 0 Å². The molecule has 0 radical (unpaired) electrons. The van der Waals surface area contributed by atoms with Crippen molar-refractivity contribution in [3.63, 3.8) is 0 Å². The summed E-state index contributed by atoms with van der Waals surface area (Å²) in [5.74, 6) is 2.01. The molecule has 20 heavy (non-hydrogen) atoms. The molecule has 3 rings (SSSR count). The molecule has 0 spiro atoms. The van der Waals surface area contributed by atoms with Crippen LogP contribution in [-0.4, -0.2) is 18.5 Å². The van der Waals surface area contributed by atoms with E-state index in [1.54, 1.807) is 0 Å². The van der Waals surface area contributed by atoms with Crippen molar-refractivity contribution >= 4 is 5.69 Å².